The third-order valence-corrected chi connectivity index (χ3v) is 6.34. The molecule has 166 valence electrons. The number of hydrogen-bond acceptors (Lipinski definition) is 5. The summed E-state index contributed by atoms with van der Waals surface area (Å²) in [7, 11) is 0. The van der Waals surface area contributed by atoms with Gasteiger partial charge in [-0.2, -0.15) is 4.98 Å². The molecule has 5 rings (SSSR count). The Bertz CT molecular complexity index is 1340. The van der Waals surface area contributed by atoms with Crippen LogP contribution in [0, 0.1) is 24.6 Å². The van der Waals surface area contributed by atoms with Crippen molar-refractivity contribution < 1.29 is 18.4 Å². The summed E-state index contributed by atoms with van der Waals surface area (Å²) in [4.78, 5) is 28.3. The molecule has 1 saturated carbocycles. The monoisotopic (exact) mass is 442 g/mol. The summed E-state index contributed by atoms with van der Waals surface area (Å²) in [6, 6.07) is 17.9. The lowest BCUT2D eigenvalue weighted by Gasteiger charge is -2.13. The molecule has 0 radical (unpaired) electrons. The number of oxazole rings is 1. The molecule has 0 spiro atoms. The van der Waals surface area contributed by atoms with Gasteiger partial charge in [0.2, 0.25) is 0 Å². The van der Waals surface area contributed by atoms with E-state index in [4.69, 9.17) is 4.42 Å². The summed E-state index contributed by atoms with van der Waals surface area (Å²) in [6.07, 6.45) is 3.34. The fourth-order valence-corrected chi connectivity index (χ4v) is 4.51. The van der Waals surface area contributed by atoms with E-state index < -0.39 is 5.82 Å². The summed E-state index contributed by atoms with van der Waals surface area (Å²) in [5.74, 6) is -0.843. The number of ketones is 1. The Morgan fingerprint density at radius 2 is 1.85 bits per heavy atom. The Labute approximate surface area is 190 Å². The zero-order chi connectivity index (χ0) is 22.9. The lowest BCUT2D eigenvalue weighted by Crippen LogP contribution is -2.20. The number of carbonyl (C=O) groups excluding carboxylic acids is 2. The maximum atomic E-state index is 14.8. The van der Waals surface area contributed by atoms with E-state index in [9.17, 15) is 14.0 Å². The first kappa shape index (κ1) is 21.1. The van der Waals surface area contributed by atoms with Crippen molar-refractivity contribution in [1.82, 2.24) is 4.98 Å². The van der Waals surface area contributed by atoms with E-state index in [0.717, 1.165) is 36.7 Å². The Morgan fingerprint density at radius 1 is 1.06 bits per heavy atom. The molecule has 4 aromatic rings. The van der Waals surface area contributed by atoms with Crippen molar-refractivity contribution >= 4 is 34.9 Å². The number of aryl methyl sites for hydroxylation is 1. The number of hydrogen-bond donors (Lipinski definition) is 1. The largest absolute Gasteiger partial charge is 0.423 e. The minimum absolute atomic E-state index is 0.00964. The van der Waals surface area contributed by atoms with Crippen molar-refractivity contribution in [2.45, 2.75) is 26.2 Å². The minimum atomic E-state index is -0.439. The molecule has 0 amide bonds. The number of rotatable bonds is 6. The van der Waals surface area contributed by atoms with Gasteiger partial charge in [-0.1, -0.05) is 42.8 Å². The van der Waals surface area contributed by atoms with E-state index in [2.05, 4.69) is 10.3 Å². The van der Waals surface area contributed by atoms with Crippen LogP contribution in [-0.4, -0.2) is 17.1 Å². The van der Waals surface area contributed by atoms with Gasteiger partial charge in [-0.3, -0.25) is 4.79 Å². The molecule has 0 unspecified atom stereocenters. The van der Waals surface area contributed by atoms with Gasteiger partial charge in [-0.25, -0.2) is 4.39 Å². The molecule has 0 saturated heterocycles. The van der Waals surface area contributed by atoms with Crippen molar-refractivity contribution in [3.05, 3.63) is 77.6 Å². The predicted molar refractivity (Wildman–Crippen MR) is 125 cm³/mol. The van der Waals surface area contributed by atoms with Crippen molar-refractivity contribution in [1.29, 1.82) is 0 Å². The second-order valence-electron chi connectivity index (χ2n) is 8.59. The molecule has 5 nitrogen and oxygen atoms in total. The Hall–Kier alpha value is -3.80. The highest BCUT2D eigenvalue weighted by molar-refractivity contribution is 5.99. The van der Waals surface area contributed by atoms with Gasteiger partial charge in [0.15, 0.2) is 11.4 Å². The standard InChI is InChI=1S/C27H23FN2O3/c1-16-5-11-24-25(13-16)33-27(30-24)29-23-12-10-19(14-22(23)28)17-6-8-18(9-7-17)26(32)21-4-2-3-20(21)15-31/h5-15,20-21H,2-4H2,1H3,(H,29,30)/t20-,21+/m0/s1. The fourth-order valence-electron chi connectivity index (χ4n) is 4.51. The Kier molecular flexibility index (Phi) is 5.50. The second kappa shape index (κ2) is 8.62. The smallest absolute Gasteiger partial charge is 0.300 e. The minimum Gasteiger partial charge on any atom is -0.423 e. The molecule has 1 aliphatic carbocycles. The highest BCUT2D eigenvalue weighted by atomic mass is 19.1. The fraction of sp³-hybridized carbons (Fsp3) is 0.222. The molecule has 6 heteroatoms. The maximum absolute atomic E-state index is 14.8. The average Bonchev–Trinajstić information content (AvgIpc) is 3.46. The molecule has 1 aliphatic rings. The highest BCUT2D eigenvalue weighted by Crippen LogP contribution is 2.34. The van der Waals surface area contributed by atoms with Gasteiger partial charge >= 0.3 is 0 Å². The van der Waals surface area contributed by atoms with Gasteiger partial charge in [-0.15, -0.1) is 0 Å². The molecule has 1 heterocycles. The molecule has 0 bridgehead atoms. The van der Waals surface area contributed by atoms with Crippen LogP contribution in [0.15, 0.2) is 65.1 Å². The first-order chi connectivity index (χ1) is 16.0. The van der Waals surface area contributed by atoms with Crippen molar-refractivity contribution in [2.24, 2.45) is 11.8 Å². The van der Waals surface area contributed by atoms with Gasteiger partial charge in [0.05, 0.1) is 5.69 Å². The Morgan fingerprint density at radius 3 is 2.61 bits per heavy atom. The molecule has 3 aromatic carbocycles. The number of aromatic nitrogens is 1. The van der Waals surface area contributed by atoms with E-state index in [1.807, 2.05) is 37.3 Å². The lowest BCUT2D eigenvalue weighted by molar-refractivity contribution is -0.111. The Balaban J connectivity index is 1.33. The topological polar surface area (TPSA) is 72.2 Å². The van der Waals surface area contributed by atoms with Crippen LogP contribution in [0.1, 0.15) is 35.2 Å². The van der Waals surface area contributed by atoms with E-state index >= 15 is 0 Å². The molecule has 1 aromatic heterocycles. The quantitative estimate of drug-likeness (QED) is 0.273. The van der Waals surface area contributed by atoms with E-state index in [1.165, 1.54) is 6.07 Å². The number of carbonyl (C=O) groups is 2. The van der Waals surface area contributed by atoms with Gasteiger partial charge in [0.1, 0.15) is 17.6 Å². The van der Waals surface area contributed by atoms with Crippen LogP contribution in [0.25, 0.3) is 22.2 Å². The predicted octanol–water partition coefficient (Wildman–Crippen LogP) is 6.48. The van der Waals surface area contributed by atoms with Crippen molar-refractivity contribution in [3.63, 3.8) is 0 Å². The zero-order valence-corrected chi connectivity index (χ0v) is 18.2. The van der Waals surface area contributed by atoms with Crippen molar-refractivity contribution in [3.8, 4) is 11.1 Å². The van der Waals surface area contributed by atoms with Crippen LogP contribution in [0.5, 0.6) is 0 Å². The number of fused-ring (bicyclic) bond motifs is 1. The third-order valence-electron chi connectivity index (χ3n) is 6.34. The van der Waals surface area contributed by atoms with Gasteiger partial charge < -0.3 is 14.5 Å². The number of nitrogens with one attached hydrogen (secondary N) is 1. The first-order valence-corrected chi connectivity index (χ1v) is 11.1. The van der Waals surface area contributed by atoms with Crippen molar-refractivity contribution in [2.75, 3.05) is 5.32 Å². The van der Waals surface area contributed by atoms with E-state index in [-0.39, 0.29) is 29.3 Å². The number of benzene rings is 3. The third kappa shape index (κ3) is 4.16. The summed E-state index contributed by atoms with van der Waals surface area (Å²) >= 11 is 0. The molecular weight excluding hydrogens is 419 g/mol. The number of anilines is 2. The number of nitrogens with zero attached hydrogens (tertiary/aromatic N) is 1. The summed E-state index contributed by atoms with van der Waals surface area (Å²) < 4.78 is 20.5. The average molecular weight is 442 g/mol. The van der Waals surface area contributed by atoms with E-state index in [0.29, 0.717) is 22.2 Å². The zero-order valence-electron chi connectivity index (χ0n) is 18.2. The summed E-state index contributed by atoms with van der Waals surface area (Å²) in [5, 5.41) is 2.90. The maximum Gasteiger partial charge on any atom is 0.300 e. The van der Waals surface area contributed by atoms with Gasteiger partial charge in [0.25, 0.3) is 6.01 Å². The normalized spacial score (nSPS) is 17.9. The second-order valence-corrected chi connectivity index (χ2v) is 8.59. The molecule has 0 aliphatic heterocycles. The van der Waals surface area contributed by atoms with E-state index in [1.54, 1.807) is 24.3 Å². The molecule has 1 N–H and O–H groups in total. The molecule has 2 atom stereocenters. The van der Waals surface area contributed by atoms with Crippen LogP contribution in [0.4, 0.5) is 16.1 Å². The highest BCUT2D eigenvalue weighted by Gasteiger charge is 2.33. The first-order valence-electron chi connectivity index (χ1n) is 11.1. The van der Waals surface area contributed by atoms with Gasteiger partial charge in [0, 0.05) is 17.4 Å². The van der Waals surface area contributed by atoms with Crippen LogP contribution < -0.4 is 5.32 Å². The van der Waals surface area contributed by atoms with Crippen LogP contribution in [0.2, 0.25) is 0 Å². The number of halogens is 1. The molecule has 33 heavy (non-hydrogen) atoms. The summed E-state index contributed by atoms with van der Waals surface area (Å²) in [6.45, 7) is 1.96. The number of aldehydes is 1. The van der Waals surface area contributed by atoms with Crippen LogP contribution in [0.3, 0.4) is 0 Å². The van der Waals surface area contributed by atoms with Crippen LogP contribution >= 0.6 is 0 Å². The van der Waals surface area contributed by atoms with Crippen LogP contribution in [-0.2, 0) is 4.79 Å². The molecule has 1 fully saturated rings. The lowest BCUT2D eigenvalue weighted by atomic mass is 9.88. The SMILES string of the molecule is Cc1ccc2nc(Nc3ccc(-c4ccc(C(=O)[C@@H]5CCC[C@H]5C=O)cc4)cc3F)oc2c1. The number of Topliss-reactive ketones (excluding diaryl/α,β-unsaturated/α-hetero) is 1. The van der Waals surface area contributed by atoms with Gasteiger partial charge in [-0.05, 0) is 60.7 Å². The molecular formula is C27H23FN2O3. The summed E-state index contributed by atoms with van der Waals surface area (Å²) in [5.41, 5.74) is 4.73.